The Labute approximate surface area is 135 Å². The third kappa shape index (κ3) is 3.70. The standard InChI is InChI=1S/C16H15Br2NO/c1-11-9-13(7-8-14(11)18)16(20)19-15(10-17)12-5-3-2-4-6-12/h2-9,15H,10H2,1H3,(H,19,20). The lowest BCUT2D eigenvalue weighted by molar-refractivity contribution is 0.0940. The average Bonchev–Trinajstić information content (AvgIpc) is 2.48. The largest absolute Gasteiger partial charge is 0.344 e. The van der Waals surface area contributed by atoms with Gasteiger partial charge in [0.2, 0.25) is 0 Å². The third-order valence-corrected chi connectivity index (χ3v) is 4.62. The quantitative estimate of drug-likeness (QED) is 0.750. The fraction of sp³-hybridized carbons (Fsp3) is 0.188. The van der Waals surface area contributed by atoms with Gasteiger partial charge < -0.3 is 5.32 Å². The fourth-order valence-corrected chi connectivity index (χ4v) is 2.71. The van der Waals surface area contributed by atoms with Gasteiger partial charge in [-0.2, -0.15) is 0 Å². The van der Waals surface area contributed by atoms with Gasteiger partial charge in [0, 0.05) is 15.4 Å². The van der Waals surface area contributed by atoms with Crippen molar-refractivity contribution in [3.63, 3.8) is 0 Å². The molecule has 0 fully saturated rings. The molecule has 20 heavy (non-hydrogen) atoms. The van der Waals surface area contributed by atoms with E-state index in [1.54, 1.807) is 0 Å². The number of alkyl halides is 1. The summed E-state index contributed by atoms with van der Waals surface area (Å²) < 4.78 is 1.01. The summed E-state index contributed by atoms with van der Waals surface area (Å²) in [6.45, 7) is 1.97. The molecule has 0 aromatic heterocycles. The van der Waals surface area contributed by atoms with Gasteiger partial charge in [-0.25, -0.2) is 0 Å². The molecule has 2 aromatic carbocycles. The molecule has 104 valence electrons. The van der Waals surface area contributed by atoms with Crippen molar-refractivity contribution in [3.05, 3.63) is 69.7 Å². The summed E-state index contributed by atoms with van der Waals surface area (Å²) in [6.07, 6.45) is 0. The van der Waals surface area contributed by atoms with Gasteiger partial charge in [0.05, 0.1) is 6.04 Å². The summed E-state index contributed by atoms with van der Waals surface area (Å²) >= 11 is 6.90. The Kier molecular flexibility index (Phi) is 5.38. The van der Waals surface area contributed by atoms with E-state index in [4.69, 9.17) is 0 Å². The lowest BCUT2D eigenvalue weighted by Gasteiger charge is -2.17. The Morgan fingerprint density at radius 3 is 2.50 bits per heavy atom. The molecule has 0 spiro atoms. The van der Waals surface area contributed by atoms with Crippen LogP contribution in [0.25, 0.3) is 0 Å². The Morgan fingerprint density at radius 2 is 1.90 bits per heavy atom. The van der Waals surface area contributed by atoms with E-state index in [-0.39, 0.29) is 11.9 Å². The van der Waals surface area contributed by atoms with Gasteiger partial charge in [0.1, 0.15) is 0 Å². The summed E-state index contributed by atoms with van der Waals surface area (Å²) in [4.78, 5) is 12.3. The molecule has 0 aliphatic heterocycles. The highest BCUT2D eigenvalue weighted by atomic mass is 79.9. The minimum atomic E-state index is -0.0612. The Morgan fingerprint density at radius 1 is 1.20 bits per heavy atom. The van der Waals surface area contributed by atoms with E-state index in [2.05, 4.69) is 37.2 Å². The van der Waals surface area contributed by atoms with E-state index in [0.29, 0.717) is 10.9 Å². The zero-order valence-electron chi connectivity index (χ0n) is 11.1. The third-order valence-electron chi connectivity index (χ3n) is 3.08. The molecule has 1 unspecified atom stereocenters. The maximum absolute atomic E-state index is 12.3. The highest BCUT2D eigenvalue weighted by molar-refractivity contribution is 9.10. The Bertz CT molecular complexity index is 599. The van der Waals surface area contributed by atoms with Gasteiger partial charge in [-0.05, 0) is 36.2 Å². The van der Waals surface area contributed by atoms with Crippen LogP contribution in [0.3, 0.4) is 0 Å². The SMILES string of the molecule is Cc1cc(C(=O)NC(CBr)c2ccccc2)ccc1Br. The number of carbonyl (C=O) groups excluding carboxylic acids is 1. The zero-order chi connectivity index (χ0) is 14.5. The number of carbonyl (C=O) groups is 1. The predicted molar refractivity (Wildman–Crippen MR) is 89.3 cm³/mol. The van der Waals surface area contributed by atoms with Crippen molar-refractivity contribution >= 4 is 37.8 Å². The Balaban J connectivity index is 2.15. The van der Waals surface area contributed by atoms with Crippen LogP contribution >= 0.6 is 31.9 Å². The van der Waals surface area contributed by atoms with Crippen molar-refractivity contribution in [1.82, 2.24) is 5.32 Å². The number of rotatable bonds is 4. The van der Waals surface area contributed by atoms with E-state index in [0.717, 1.165) is 15.6 Å². The van der Waals surface area contributed by atoms with Crippen LogP contribution < -0.4 is 5.32 Å². The number of amides is 1. The highest BCUT2D eigenvalue weighted by Gasteiger charge is 2.14. The molecule has 0 saturated carbocycles. The molecule has 0 heterocycles. The Hall–Kier alpha value is -1.13. The van der Waals surface area contributed by atoms with Gasteiger partial charge in [-0.1, -0.05) is 62.2 Å². The first-order valence-corrected chi connectivity index (χ1v) is 8.21. The molecule has 2 nitrogen and oxygen atoms in total. The number of hydrogen-bond donors (Lipinski definition) is 1. The lowest BCUT2D eigenvalue weighted by Crippen LogP contribution is -2.29. The first-order valence-electron chi connectivity index (χ1n) is 6.29. The van der Waals surface area contributed by atoms with E-state index in [9.17, 15) is 4.79 Å². The first kappa shape index (κ1) is 15.3. The normalized spacial score (nSPS) is 11.9. The maximum atomic E-state index is 12.3. The van der Waals surface area contributed by atoms with E-state index in [1.165, 1.54) is 0 Å². The first-order chi connectivity index (χ1) is 9.61. The number of benzene rings is 2. The van der Waals surface area contributed by atoms with Crippen molar-refractivity contribution in [3.8, 4) is 0 Å². The van der Waals surface area contributed by atoms with Crippen molar-refractivity contribution in [2.75, 3.05) is 5.33 Å². The second-order valence-electron chi connectivity index (χ2n) is 4.55. The molecule has 0 aliphatic carbocycles. The molecule has 0 radical (unpaired) electrons. The monoisotopic (exact) mass is 395 g/mol. The predicted octanol–water partition coefficient (Wildman–Crippen LogP) is 4.62. The molecule has 4 heteroatoms. The number of hydrogen-bond acceptors (Lipinski definition) is 1. The highest BCUT2D eigenvalue weighted by Crippen LogP contribution is 2.19. The van der Waals surface area contributed by atoms with Crippen LogP contribution in [0, 0.1) is 6.92 Å². The molecule has 1 amide bonds. The molecule has 2 aromatic rings. The summed E-state index contributed by atoms with van der Waals surface area (Å²) in [6, 6.07) is 15.5. The van der Waals surface area contributed by atoms with Crippen LogP contribution in [0.2, 0.25) is 0 Å². The van der Waals surface area contributed by atoms with E-state index in [1.807, 2.05) is 55.5 Å². The zero-order valence-corrected chi connectivity index (χ0v) is 14.2. The minimum Gasteiger partial charge on any atom is -0.344 e. The molecule has 0 bridgehead atoms. The number of nitrogens with one attached hydrogen (secondary N) is 1. The molecule has 0 aliphatic rings. The molecule has 2 rings (SSSR count). The van der Waals surface area contributed by atoms with Crippen LogP contribution in [0.4, 0.5) is 0 Å². The molecule has 1 atom stereocenters. The smallest absolute Gasteiger partial charge is 0.251 e. The number of halogens is 2. The molecular formula is C16H15Br2NO. The van der Waals surface area contributed by atoms with Gasteiger partial charge in [-0.3, -0.25) is 4.79 Å². The van der Waals surface area contributed by atoms with Crippen LogP contribution in [0.5, 0.6) is 0 Å². The summed E-state index contributed by atoms with van der Waals surface area (Å²) in [5.41, 5.74) is 2.81. The van der Waals surface area contributed by atoms with Crippen LogP contribution in [0.15, 0.2) is 53.0 Å². The van der Waals surface area contributed by atoms with Gasteiger partial charge in [0.25, 0.3) is 5.91 Å². The second kappa shape index (κ2) is 7.04. The topological polar surface area (TPSA) is 29.1 Å². The maximum Gasteiger partial charge on any atom is 0.251 e. The van der Waals surface area contributed by atoms with Crippen molar-refractivity contribution < 1.29 is 4.79 Å². The molecule has 0 saturated heterocycles. The average molecular weight is 397 g/mol. The number of aryl methyl sites for hydroxylation is 1. The summed E-state index contributed by atoms with van der Waals surface area (Å²) in [5, 5.41) is 3.72. The summed E-state index contributed by atoms with van der Waals surface area (Å²) in [5.74, 6) is -0.0612. The van der Waals surface area contributed by atoms with E-state index >= 15 is 0 Å². The fourth-order valence-electron chi connectivity index (χ4n) is 1.92. The van der Waals surface area contributed by atoms with Gasteiger partial charge in [-0.15, -0.1) is 0 Å². The van der Waals surface area contributed by atoms with Crippen molar-refractivity contribution in [2.45, 2.75) is 13.0 Å². The lowest BCUT2D eigenvalue weighted by atomic mass is 10.1. The van der Waals surface area contributed by atoms with E-state index < -0.39 is 0 Å². The molecule has 1 N–H and O–H groups in total. The van der Waals surface area contributed by atoms with Crippen molar-refractivity contribution in [2.24, 2.45) is 0 Å². The minimum absolute atomic E-state index is 0.0346. The van der Waals surface area contributed by atoms with Crippen LogP contribution in [-0.2, 0) is 0 Å². The second-order valence-corrected chi connectivity index (χ2v) is 6.06. The van der Waals surface area contributed by atoms with Crippen LogP contribution in [0.1, 0.15) is 27.5 Å². The molecular weight excluding hydrogens is 382 g/mol. The summed E-state index contributed by atoms with van der Waals surface area (Å²) in [7, 11) is 0. The van der Waals surface area contributed by atoms with Gasteiger partial charge >= 0.3 is 0 Å². The van der Waals surface area contributed by atoms with Crippen LogP contribution in [-0.4, -0.2) is 11.2 Å². The van der Waals surface area contributed by atoms with Gasteiger partial charge in [0.15, 0.2) is 0 Å². The van der Waals surface area contributed by atoms with Crippen molar-refractivity contribution in [1.29, 1.82) is 0 Å².